The van der Waals surface area contributed by atoms with Gasteiger partial charge in [0.05, 0.1) is 25.8 Å². The lowest BCUT2D eigenvalue weighted by Crippen LogP contribution is -2.30. The van der Waals surface area contributed by atoms with Crippen LogP contribution in [0.1, 0.15) is 10.4 Å². The van der Waals surface area contributed by atoms with Gasteiger partial charge in [0.2, 0.25) is 0 Å². The topological polar surface area (TPSA) is 29.5 Å². The molecule has 0 unspecified atom stereocenters. The van der Waals surface area contributed by atoms with Crippen LogP contribution in [0, 0.1) is 0 Å². The van der Waals surface area contributed by atoms with Crippen LogP contribution in [-0.2, 0) is 0 Å². The third-order valence-corrected chi connectivity index (χ3v) is 2.27. The number of nitrogens with zero attached hydrogens (tertiary/aromatic N) is 1. The van der Waals surface area contributed by atoms with Crippen molar-refractivity contribution in [3.63, 3.8) is 0 Å². The first-order valence-corrected chi connectivity index (χ1v) is 5.17. The second kappa shape index (κ2) is 6.30. The summed E-state index contributed by atoms with van der Waals surface area (Å²) in [6.45, 7) is -0.467. The Balaban J connectivity index is 2.69. The lowest BCUT2D eigenvalue weighted by Gasteiger charge is -2.15. The number of Topliss-reactive ketones (excluding diaryl/α,β-unsaturated/α-hetero) is 1. The van der Waals surface area contributed by atoms with Crippen LogP contribution in [0.3, 0.4) is 0 Å². The van der Waals surface area contributed by atoms with Gasteiger partial charge in [0.25, 0.3) is 6.43 Å². The van der Waals surface area contributed by atoms with Gasteiger partial charge in [-0.3, -0.25) is 9.69 Å². The van der Waals surface area contributed by atoms with Crippen molar-refractivity contribution in [3.05, 3.63) is 29.8 Å². The molecule has 0 atom stereocenters. The van der Waals surface area contributed by atoms with Gasteiger partial charge in [-0.25, -0.2) is 8.78 Å². The van der Waals surface area contributed by atoms with E-state index in [1.807, 2.05) is 0 Å². The number of ketones is 1. The number of likely N-dealkylation sites (N-methyl/N-ethyl adjacent to an activating group) is 1. The Bertz CT molecular complexity index is 383. The van der Waals surface area contributed by atoms with Gasteiger partial charge in [-0.1, -0.05) is 12.1 Å². The minimum Gasteiger partial charge on any atom is -0.496 e. The molecular weight excluding hydrogens is 228 g/mol. The van der Waals surface area contributed by atoms with Gasteiger partial charge in [0.1, 0.15) is 5.75 Å². The van der Waals surface area contributed by atoms with Crippen molar-refractivity contribution in [1.82, 2.24) is 4.90 Å². The number of benzene rings is 1. The molecule has 0 aliphatic heterocycles. The first-order valence-electron chi connectivity index (χ1n) is 5.17. The molecule has 0 bridgehead atoms. The van der Waals surface area contributed by atoms with Gasteiger partial charge in [-0.2, -0.15) is 0 Å². The number of rotatable bonds is 6. The van der Waals surface area contributed by atoms with E-state index in [0.717, 1.165) is 0 Å². The van der Waals surface area contributed by atoms with Crippen LogP contribution < -0.4 is 4.74 Å². The summed E-state index contributed by atoms with van der Waals surface area (Å²) in [4.78, 5) is 13.1. The Morgan fingerprint density at radius 2 is 2.06 bits per heavy atom. The van der Waals surface area contributed by atoms with E-state index in [-0.39, 0.29) is 12.3 Å². The van der Waals surface area contributed by atoms with E-state index in [2.05, 4.69) is 0 Å². The van der Waals surface area contributed by atoms with E-state index in [1.54, 1.807) is 24.3 Å². The normalized spacial score (nSPS) is 10.9. The van der Waals surface area contributed by atoms with Crippen molar-refractivity contribution < 1.29 is 18.3 Å². The molecule has 0 heterocycles. The van der Waals surface area contributed by atoms with E-state index in [0.29, 0.717) is 11.3 Å². The quantitative estimate of drug-likeness (QED) is 0.716. The maximum absolute atomic E-state index is 12.1. The molecule has 1 rings (SSSR count). The Morgan fingerprint density at radius 1 is 1.41 bits per heavy atom. The fourth-order valence-electron chi connectivity index (χ4n) is 1.51. The number of halogens is 2. The predicted molar refractivity (Wildman–Crippen MR) is 60.8 cm³/mol. The third kappa shape index (κ3) is 4.11. The highest BCUT2D eigenvalue weighted by molar-refractivity contribution is 6.00. The minimum atomic E-state index is -2.44. The largest absolute Gasteiger partial charge is 0.496 e. The standard InChI is InChI=1S/C12H15F2NO2/c1-15(8-12(13)14)7-10(16)9-5-3-4-6-11(9)17-2/h3-6,12H,7-8H2,1-2H3. The van der Waals surface area contributed by atoms with E-state index >= 15 is 0 Å². The van der Waals surface area contributed by atoms with Crippen LogP contribution in [0.2, 0.25) is 0 Å². The fourth-order valence-corrected chi connectivity index (χ4v) is 1.51. The van der Waals surface area contributed by atoms with Gasteiger partial charge in [0.15, 0.2) is 5.78 Å². The molecule has 0 radical (unpaired) electrons. The van der Waals surface area contributed by atoms with E-state index in [4.69, 9.17) is 4.74 Å². The molecular formula is C12H15F2NO2. The summed E-state index contributed by atoms with van der Waals surface area (Å²) in [5.41, 5.74) is 0.413. The Morgan fingerprint density at radius 3 is 2.65 bits per heavy atom. The molecule has 94 valence electrons. The van der Waals surface area contributed by atoms with Crippen molar-refractivity contribution >= 4 is 5.78 Å². The van der Waals surface area contributed by atoms with E-state index in [1.165, 1.54) is 19.1 Å². The number of methoxy groups -OCH3 is 1. The number of carbonyl (C=O) groups excluding carboxylic acids is 1. The molecule has 0 aliphatic rings. The predicted octanol–water partition coefficient (Wildman–Crippen LogP) is 2.07. The molecule has 0 aliphatic carbocycles. The van der Waals surface area contributed by atoms with Crippen LogP contribution in [0.5, 0.6) is 5.75 Å². The summed E-state index contributed by atoms with van der Waals surface area (Å²) in [5, 5.41) is 0. The first-order chi connectivity index (χ1) is 8.04. The number of para-hydroxylation sites is 1. The molecule has 0 amide bonds. The zero-order valence-corrected chi connectivity index (χ0v) is 9.82. The molecule has 0 saturated heterocycles. The highest BCUT2D eigenvalue weighted by Crippen LogP contribution is 2.18. The minimum absolute atomic E-state index is 0.0509. The molecule has 3 nitrogen and oxygen atoms in total. The van der Waals surface area contributed by atoms with Crippen LogP contribution in [0.4, 0.5) is 8.78 Å². The smallest absolute Gasteiger partial charge is 0.251 e. The average molecular weight is 243 g/mol. The molecule has 5 heteroatoms. The molecule has 1 aromatic carbocycles. The highest BCUT2D eigenvalue weighted by atomic mass is 19.3. The van der Waals surface area contributed by atoms with E-state index < -0.39 is 13.0 Å². The second-order valence-electron chi connectivity index (χ2n) is 3.71. The third-order valence-electron chi connectivity index (χ3n) is 2.27. The van der Waals surface area contributed by atoms with Crippen LogP contribution in [-0.4, -0.2) is 44.4 Å². The Labute approximate surface area is 99.0 Å². The summed E-state index contributed by atoms with van der Waals surface area (Å²) >= 11 is 0. The summed E-state index contributed by atoms with van der Waals surface area (Å²) in [7, 11) is 2.95. The molecule has 17 heavy (non-hydrogen) atoms. The van der Waals surface area contributed by atoms with Crippen molar-refractivity contribution in [2.75, 3.05) is 27.2 Å². The van der Waals surface area contributed by atoms with Gasteiger partial charge in [0, 0.05) is 0 Å². The summed E-state index contributed by atoms with van der Waals surface area (Å²) in [6.07, 6.45) is -2.44. The Kier molecular flexibility index (Phi) is 5.03. The van der Waals surface area contributed by atoms with Crippen molar-refractivity contribution in [2.24, 2.45) is 0 Å². The lowest BCUT2D eigenvalue weighted by atomic mass is 10.1. The zero-order chi connectivity index (χ0) is 12.8. The molecule has 0 saturated carbocycles. The number of ether oxygens (including phenoxy) is 1. The summed E-state index contributed by atoms with van der Waals surface area (Å²) in [5.74, 6) is 0.230. The number of alkyl halides is 2. The van der Waals surface area contributed by atoms with Gasteiger partial charge in [-0.15, -0.1) is 0 Å². The molecule has 1 aromatic rings. The lowest BCUT2D eigenvalue weighted by molar-refractivity contribution is 0.0818. The average Bonchev–Trinajstić information content (AvgIpc) is 2.27. The highest BCUT2D eigenvalue weighted by Gasteiger charge is 2.15. The van der Waals surface area contributed by atoms with Crippen molar-refractivity contribution in [2.45, 2.75) is 6.43 Å². The van der Waals surface area contributed by atoms with Gasteiger partial charge >= 0.3 is 0 Å². The molecule has 0 N–H and O–H groups in total. The maximum atomic E-state index is 12.1. The Hall–Kier alpha value is -1.49. The second-order valence-corrected chi connectivity index (χ2v) is 3.71. The zero-order valence-electron chi connectivity index (χ0n) is 9.82. The van der Waals surface area contributed by atoms with E-state index in [9.17, 15) is 13.6 Å². The number of hydrogen-bond acceptors (Lipinski definition) is 3. The number of carbonyl (C=O) groups is 1. The monoisotopic (exact) mass is 243 g/mol. The summed E-state index contributed by atoms with van der Waals surface area (Å²) < 4.78 is 29.3. The van der Waals surface area contributed by atoms with Crippen LogP contribution in [0.25, 0.3) is 0 Å². The van der Waals surface area contributed by atoms with Crippen LogP contribution >= 0.6 is 0 Å². The fraction of sp³-hybridized carbons (Fsp3) is 0.417. The molecule has 0 aromatic heterocycles. The SMILES string of the molecule is COc1ccccc1C(=O)CN(C)CC(F)F. The molecule has 0 spiro atoms. The first kappa shape index (κ1) is 13.6. The molecule has 0 fully saturated rings. The maximum Gasteiger partial charge on any atom is 0.251 e. The van der Waals surface area contributed by atoms with Crippen molar-refractivity contribution in [3.8, 4) is 5.75 Å². The van der Waals surface area contributed by atoms with Crippen LogP contribution in [0.15, 0.2) is 24.3 Å². The van der Waals surface area contributed by atoms with Gasteiger partial charge < -0.3 is 4.74 Å². The number of hydrogen-bond donors (Lipinski definition) is 0. The van der Waals surface area contributed by atoms with Gasteiger partial charge in [-0.05, 0) is 19.2 Å². The summed E-state index contributed by atoms with van der Waals surface area (Å²) in [6, 6.07) is 6.75. The van der Waals surface area contributed by atoms with Crippen molar-refractivity contribution in [1.29, 1.82) is 0 Å².